The number of hydrogen-bond acceptors (Lipinski definition) is 3. The van der Waals surface area contributed by atoms with Crippen molar-refractivity contribution in [1.82, 2.24) is 15.0 Å². The van der Waals surface area contributed by atoms with Crippen molar-refractivity contribution >= 4 is 28.0 Å². The minimum Gasteiger partial charge on any atom is -0.369 e. The number of imidazole rings is 1. The number of nitrogens with zero attached hydrogens (tertiary/aromatic N) is 2. The molecule has 2 aromatic heterocycles. The third-order valence-electron chi connectivity index (χ3n) is 1.81. The zero-order valence-corrected chi connectivity index (χ0v) is 8.47. The smallest absolute Gasteiger partial charge is 0.200 e. The summed E-state index contributed by atoms with van der Waals surface area (Å²) in [5.74, 6) is 0.427. The SMILES string of the molecule is C[SH](C)c1ccc2[nH]c(N)nc2n1. The zero-order valence-electron chi connectivity index (χ0n) is 7.57. The monoisotopic (exact) mass is 196 g/mol. The second-order valence-corrected chi connectivity index (χ2v) is 5.30. The third kappa shape index (κ3) is 1.47. The van der Waals surface area contributed by atoms with E-state index >= 15 is 0 Å². The number of aromatic amines is 1. The lowest BCUT2D eigenvalue weighted by Gasteiger charge is -2.06. The Kier molecular flexibility index (Phi) is 1.88. The first kappa shape index (κ1) is 8.37. The van der Waals surface area contributed by atoms with Crippen LogP contribution in [0.3, 0.4) is 0 Å². The number of nitrogens with two attached hydrogens (primary N) is 1. The van der Waals surface area contributed by atoms with Crippen molar-refractivity contribution in [2.75, 3.05) is 18.2 Å². The highest BCUT2D eigenvalue weighted by Crippen LogP contribution is 2.27. The average Bonchev–Trinajstić information content (AvgIpc) is 2.42. The lowest BCUT2D eigenvalue weighted by molar-refractivity contribution is 1.16. The molecule has 0 aromatic carbocycles. The molecule has 0 spiro atoms. The van der Waals surface area contributed by atoms with Crippen LogP contribution in [0.2, 0.25) is 0 Å². The van der Waals surface area contributed by atoms with Crippen LogP contribution in [0.25, 0.3) is 11.2 Å². The summed E-state index contributed by atoms with van der Waals surface area (Å²) in [5.41, 5.74) is 7.13. The molecule has 0 amide bonds. The van der Waals surface area contributed by atoms with E-state index in [-0.39, 0.29) is 10.9 Å². The van der Waals surface area contributed by atoms with Crippen LogP contribution in [0.1, 0.15) is 0 Å². The minimum atomic E-state index is -0.165. The molecule has 0 unspecified atom stereocenters. The van der Waals surface area contributed by atoms with Crippen molar-refractivity contribution in [1.29, 1.82) is 0 Å². The number of pyridine rings is 1. The van der Waals surface area contributed by atoms with Crippen LogP contribution in [0, 0.1) is 0 Å². The summed E-state index contributed by atoms with van der Waals surface area (Å²) in [4.78, 5) is 11.4. The van der Waals surface area contributed by atoms with Crippen LogP contribution >= 0.6 is 10.9 Å². The van der Waals surface area contributed by atoms with Gasteiger partial charge < -0.3 is 10.7 Å². The third-order valence-corrected chi connectivity index (χ3v) is 2.97. The van der Waals surface area contributed by atoms with Gasteiger partial charge in [0.15, 0.2) is 11.6 Å². The number of thiol groups is 1. The Bertz CT molecular complexity index is 435. The van der Waals surface area contributed by atoms with Gasteiger partial charge in [0.25, 0.3) is 0 Å². The van der Waals surface area contributed by atoms with E-state index in [2.05, 4.69) is 27.5 Å². The van der Waals surface area contributed by atoms with Crippen LogP contribution in [-0.4, -0.2) is 27.5 Å². The highest BCUT2D eigenvalue weighted by molar-refractivity contribution is 8.15. The minimum absolute atomic E-state index is 0.165. The molecule has 2 rings (SSSR count). The summed E-state index contributed by atoms with van der Waals surface area (Å²) < 4.78 is 0. The van der Waals surface area contributed by atoms with E-state index in [4.69, 9.17) is 5.73 Å². The maximum absolute atomic E-state index is 5.52. The van der Waals surface area contributed by atoms with Gasteiger partial charge in [-0.2, -0.15) is 4.98 Å². The molecule has 0 aliphatic heterocycles. The Morgan fingerprint density at radius 1 is 1.31 bits per heavy atom. The van der Waals surface area contributed by atoms with Gasteiger partial charge in [-0.3, -0.25) is 0 Å². The summed E-state index contributed by atoms with van der Waals surface area (Å²) in [5, 5.41) is 1.11. The van der Waals surface area contributed by atoms with Gasteiger partial charge in [0.05, 0.1) is 10.5 Å². The molecule has 0 atom stereocenters. The summed E-state index contributed by atoms with van der Waals surface area (Å²) in [6, 6.07) is 4.00. The van der Waals surface area contributed by atoms with Crippen molar-refractivity contribution in [3.63, 3.8) is 0 Å². The van der Waals surface area contributed by atoms with E-state index in [0.717, 1.165) is 10.5 Å². The van der Waals surface area contributed by atoms with Gasteiger partial charge in [-0.05, 0) is 24.6 Å². The standard InChI is InChI=1S/C8H12N4S/c1-13(2)6-4-3-5-7(11-6)12-8(9)10-5/h3-4,13H,1-2H3,(H3,9,10,11,12). The molecule has 2 aromatic rings. The summed E-state index contributed by atoms with van der Waals surface area (Å²) >= 11 is 0. The maximum atomic E-state index is 5.52. The number of H-pyrrole nitrogens is 1. The Labute approximate surface area is 78.9 Å². The number of anilines is 1. The molecular formula is C8H12N4S. The molecule has 70 valence electrons. The average molecular weight is 196 g/mol. The molecule has 0 fully saturated rings. The van der Waals surface area contributed by atoms with Crippen molar-refractivity contribution in [2.24, 2.45) is 0 Å². The van der Waals surface area contributed by atoms with E-state index in [0.29, 0.717) is 11.6 Å². The number of nitrogens with one attached hydrogen (secondary N) is 1. The zero-order chi connectivity index (χ0) is 9.42. The van der Waals surface area contributed by atoms with E-state index in [1.807, 2.05) is 12.1 Å². The highest BCUT2D eigenvalue weighted by Gasteiger charge is 2.03. The van der Waals surface area contributed by atoms with Crippen LogP contribution in [0.4, 0.5) is 5.95 Å². The van der Waals surface area contributed by atoms with E-state index in [9.17, 15) is 0 Å². The Morgan fingerprint density at radius 3 is 2.77 bits per heavy atom. The lowest BCUT2D eigenvalue weighted by atomic mass is 10.4. The lowest BCUT2D eigenvalue weighted by Crippen LogP contribution is -1.86. The van der Waals surface area contributed by atoms with Crippen LogP contribution in [0.15, 0.2) is 17.2 Å². The fourth-order valence-corrected chi connectivity index (χ4v) is 1.82. The molecular weight excluding hydrogens is 184 g/mol. The van der Waals surface area contributed by atoms with Crippen LogP contribution < -0.4 is 5.73 Å². The molecule has 0 saturated carbocycles. The molecule has 3 N–H and O–H groups in total. The van der Waals surface area contributed by atoms with Gasteiger partial charge in [-0.15, -0.1) is 0 Å². The van der Waals surface area contributed by atoms with Gasteiger partial charge in [0.2, 0.25) is 0 Å². The summed E-state index contributed by atoms with van der Waals surface area (Å²) in [7, 11) is -0.165. The molecule has 0 radical (unpaired) electrons. The number of nitrogen functional groups attached to an aromatic ring is 1. The van der Waals surface area contributed by atoms with Gasteiger partial charge in [0, 0.05) is 0 Å². The maximum Gasteiger partial charge on any atom is 0.200 e. The molecule has 0 aliphatic carbocycles. The second kappa shape index (κ2) is 2.92. The van der Waals surface area contributed by atoms with Crippen molar-refractivity contribution in [3.8, 4) is 0 Å². The number of rotatable bonds is 1. The molecule has 0 saturated heterocycles. The normalized spacial score (nSPS) is 12.0. The molecule has 2 heterocycles. The van der Waals surface area contributed by atoms with Crippen molar-refractivity contribution < 1.29 is 0 Å². The summed E-state index contributed by atoms with van der Waals surface area (Å²) in [6.07, 6.45) is 4.33. The van der Waals surface area contributed by atoms with Crippen LogP contribution in [0.5, 0.6) is 0 Å². The topological polar surface area (TPSA) is 67.6 Å². The van der Waals surface area contributed by atoms with Gasteiger partial charge >= 0.3 is 0 Å². The second-order valence-electron chi connectivity index (χ2n) is 3.06. The largest absolute Gasteiger partial charge is 0.369 e. The first-order valence-electron chi connectivity index (χ1n) is 3.96. The first-order valence-corrected chi connectivity index (χ1v) is 6.20. The molecule has 5 heteroatoms. The molecule has 0 aliphatic rings. The molecule has 13 heavy (non-hydrogen) atoms. The Morgan fingerprint density at radius 2 is 2.08 bits per heavy atom. The van der Waals surface area contributed by atoms with E-state index in [1.165, 1.54) is 0 Å². The van der Waals surface area contributed by atoms with Gasteiger partial charge in [0.1, 0.15) is 0 Å². The Hall–Kier alpha value is -1.23. The highest BCUT2D eigenvalue weighted by atomic mass is 32.2. The van der Waals surface area contributed by atoms with E-state index in [1.54, 1.807) is 0 Å². The van der Waals surface area contributed by atoms with Crippen LogP contribution in [-0.2, 0) is 0 Å². The van der Waals surface area contributed by atoms with Gasteiger partial charge in [-0.25, -0.2) is 15.9 Å². The van der Waals surface area contributed by atoms with Gasteiger partial charge in [-0.1, -0.05) is 0 Å². The molecule has 0 bridgehead atoms. The number of fused-ring (bicyclic) bond motifs is 1. The quantitative estimate of drug-likeness (QED) is 0.599. The molecule has 4 nitrogen and oxygen atoms in total. The van der Waals surface area contributed by atoms with E-state index < -0.39 is 0 Å². The fraction of sp³-hybridized carbons (Fsp3) is 0.250. The van der Waals surface area contributed by atoms with Crippen molar-refractivity contribution in [3.05, 3.63) is 12.1 Å². The fourth-order valence-electron chi connectivity index (χ4n) is 1.15. The Balaban J connectivity index is 2.61. The number of hydrogen-bond donors (Lipinski definition) is 3. The van der Waals surface area contributed by atoms with Crippen molar-refractivity contribution in [2.45, 2.75) is 5.03 Å². The predicted molar refractivity (Wildman–Crippen MR) is 57.4 cm³/mol. The predicted octanol–water partition coefficient (Wildman–Crippen LogP) is 1.16. The number of aromatic nitrogens is 3. The summed E-state index contributed by atoms with van der Waals surface area (Å²) in [6.45, 7) is 0. The first-order chi connectivity index (χ1) is 6.16.